The van der Waals surface area contributed by atoms with Crippen molar-refractivity contribution in [3.05, 3.63) is 23.8 Å². The second kappa shape index (κ2) is 6.33. The maximum absolute atomic E-state index is 5.70. The summed E-state index contributed by atoms with van der Waals surface area (Å²) in [7, 11) is 5.31. The van der Waals surface area contributed by atoms with E-state index in [0.717, 1.165) is 18.5 Å². The summed E-state index contributed by atoms with van der Waals surface area (Å²) in [6.45, 7) is 10.3. The van der Waals surface area contributed by atoms with E-state index in [1.165, 1.54) is 0 Å². The van der Waals surface area contributed by atoms with E-state index in [1.54, 1.807) is 0 Å². The van der Waals surface area contributed by atoms with Gasteiger partial charge in [0.25, 0.3) is 0 Å². The molecule has 1 unspecified atom stereocenters. The van der Waals surface area contributed by atoms with Gasteiger partial charge in [-0.15, -0.1) is 0 Å². The first-order valence-corrected chi connectivity index (χ1v) is 4.35. The second-order valence-electron chi connectivity index (χ2n) is 2.92. The van der Waals surface area contributed by atoms with Gasteiger partial charge in [0.2, 0.25) is 0 Å². The molecule has 0 aliphatic rings. The third-order valence-corrected chi connectivity index (χ3v) is 1.85. The van der Waals surface area contributed by atoms with Crippen molar-refractivity contribution in [3.63, 3.8) is 0 Å². The molecular weight excluding hydrogens is 168 g/mol. The molecule has 1 atom stereocenters. The topological polar surface area (TPSA) is 12.0 Å². The van der Waals surface area contributed by atoms with Gasteiger partial charge in [-0.25, -0.2) is 0 Å². The van der Waals surface area contributed by atoms with Crippen LogP contribution in [0.3, 0.4) is 0 Å². The van der Waals surface area contributed by atoms with Crippen molar-refractivity contribution in [2.24, 2.45) is 5.92 Å². The first-order chi connectivity index (χ1) is 5.57. The molecule has 0 aromatic heterocycles. The van der Waals surface area contributed by atoms with Crippen LogP contribution in [0.4, 0.5) is 0 Å². The van der Waals surface area contributed by atoms with Crippen LogP contribution < -0.4 is 5.32 Å². The van der Waals surface area contributed by atoms with E-state index in [9.17, 15) is 0 Å². The summed E-state index contributed by atoms with van der Waals surface area (Å²) in [5.74, 6) is 0.346. The number of nitrogens with one attached hydrogen (secondary N) is 1. The van der Waals surface area contributed by atoms with E-state index >= 15 is 0 Å². The highest BCUT2D eigenvalue weighted by Gasteiger charge is 2.08. The maximum atomic E-state index is 5.70. The minimum absolute atomic E-state index is 0.346. The fourth-order valence-electron chi connectivity index (χ4n) is 0.946. The second-order valence-corrected chi connectivity index (χ2v) is 3.46. The molecule has 0 fully saturated rings. The van der Waals surface area contributed by atoms with Gasteiger partial charge in [-0.1, -0.05) is 30.3 Å². The van der Waals surface area contributed by atoms with Crippen molar-refractivity contribution in [1.29, 1.82) is 0 Å². The molecular formula is C9H15BClN. The van der Waals surface area contributed by atoms with E-state index < -0.39 is 0 Å². The molecule has 0 saturated carbocycles. The van der Waals surface area contributed by atoms with Crippen LogP contribution in [-0.2, 0) is 0 Å². The van der Waals surface area contributed by atoms with E-state index in [2.05, 4.69) is 18.5 Å². The van der Waals surface area contributed by atoms with Gasteiger partial charge < -0.3 is 5.32 Å². The molecule has 66 valence electrons. The van der Waals surface area contributed by atoms with Crippen molar-refractivity contribution < 1.29 is 0 Å². The Balaban J connectivity index is 3.87. The maximum Gasteiger partial charge on any atom is 0.0859 e. The molecule has 12 heavy (non-hydrogen) atoms. The smallest absolute Gasteiger partial charge is 0.0859 e. The van der Waals surface area contributed by atoms with Gasteiger partial charge in [-0.3, -0.25) is 0 Å². The molecule has 0 aromatic rings. The van der Waals surface area contributed by atoms with Gasteiger partial charge in [0.1, 0.15) is 0 Å². The molecule has 0 rings (SSSR count). The normalized spacial score (nSPS) is 12.5. The Morgan fingerprint density at radius 2 is 2.17 bits per heavy atom. The molecule has 0 spiro atoms. The Bertz CT molecular complexity index is 168. The van der Waals surface area contributed by atoms with Crippen molar-refractivity contribution in [2.75, 3.05) is 13.0 Å². The standard InChI is InChI=1S/C9H15BClN/c1-7(2)9(4-8(3)11)5-12-6-10/h9,12H,1,3-6H2,2H3. The molecule has 0 aromatic carbocycles. The van der Waals surface area contributed by atoms with Crippen LogP contribution in [0.25, 0.3) is 0 Å². The third kappa shape index (κ3) is 5.45. The third-order valence-electron chi connectivity index (χ3n) is 1.70. The number of halogens is 1. The molecule has 3 heteroatoms. The summed E-state index contributed by atoms with van der Waals surface area (Å²) >= 11 is 5.70. The zero-order valence-corrected chi connectivity index (χ0v) is 8.32. The van der Waals surface area contributed by atoms with Crippen LogP contribution in [0.1, 0.15) is 13.3 Å². The monoisotopic (exact) mass is 183 g/mol. The predicted octanol–water partition coefficient (Wildman–Crippen LogP) is 2.04. The summed E-state index contributed by atoms with van der Waals surface area (Å²) in [5.41, 5.74) is 1.11. The lowest BCUT2D eigenvalue weighted by Gasteiger charge is -2.16. The summed E-state index contributed by atoms with van der Waals surface area (Å²) in [4.78, 5) is 0. The Morgan fingerprint density at radius 3 is 2.50 bits per heavy atom. The highest BCUT2D eigenvalue weighted by atomic mass is 35.5. The molecule has 0 aliphatic carbocycles. The molecule has 0 aliphatic heterocycles. The quantitative estimate of drug-likeness (QED) is 0.491. The fraction of sp³-hybridized carbons (Fsp3) is 0.556. The minimum Gasteiger partial charge on any atom is -0.325 e. The molecule has 0 amide bonds. The van der Waals surface area contributed by atoms with E-state index in [-0.39, 0.29) is 0 Å². The molecule has 1 nitrogen and oxygen atoms in total. The zero-order chi connectivity index (χ0) is 9.56. The van der Waals surface area contributed by atoms with Gasteiger partial charge in [0, 0.05) is 11.6 Å². The van der Waals surface area contributed by atoms with Crippen LogP contribution in [0.15, 0.2) is 23.8 Å². The largest absolute Gasteiger partial charge is 0.325 e. The molecule has 0 bridgehead atoms. The van der Waals surface area contributed by atoms with E-state index in [4.69, 9.17) is 19.4 Å². The van der Waals surface area contributed by atoms with Crippen molar-refractivity contribution >= 4 is 19.4 Å². The van der Waals surface area contributed by atoms with Crippen molar-refractivity contribution in [3.8, 4) is 0 Å². The van der Waals surface area contributed by atoms with Gasteiger partial charge >= 0.3 is 0 Å². The van der Waals surface area contributed by atoms with Crippen LogP contribution in [-0.4, -0.2) is 20.8 Å². The van der Waals surface area contributed by atoms with Crippen molar-refractivity contribution in [1.82, 2.24) is 5.32 Å². The Kier molecular flexibility index (Phi) is 6.22. The van der Waals surface area contributed by atoms with Gasteiger partial charge in [-0.05, 0) is 25.7 Å². The number of hydrogen-bond acceptors (Lipinski definition) is 1. The lowest BCUT2D eigenvalue weighted by molar-refractivity contribution is 0.567. The SMILES string of the molecule is [B]CNCC(CC(=C)Cl)C(=C)C. The first kappa shape index (κ1) is 11.8. The van der Waals surface area contributed by atoms with Crippen LogP contribution in [0, 0.1) is 5.92 Å². The minimum atomic E-state index is 0.346. The summed E-state index contributed by atoms with van der Waals surface area (Å²) in [5, 5.41) is 3.72. The lowest BCUT2D eigenvalue weighted by atomic mass is 9.97. The highest BCUT2D eigenvalue weighted by Crippen LogP contribution is 2.18. The fourth-order valence-corrected chi connectivity index (χ4v) is 1.13. The molecule has 1 N–H and O–H groups in total. The van der Waals surface area contributed by atoms with Crippen molar-refractivity contribution in [2.45, 2.75) is 13.3 Å². The zero-order valence-electron chi connectivity index (χ0n) is 7.57. The average molecular weight is 183 g/mol. The molecule has 0 heterocycles. The van der Waals surface area contributed by atoms with E-state index in [0.29, 0.717) is 17.4 Å². The number of rotatable bonds is 6. The number of allylic oxidation sites excluding steroid dienone is 1. The number of hydrogen-bond donors (Lipinski definition) is 1. The molecule has 0 saturated heterocycles. The van der Waals surface area contributed by atoms with E-state index in [1.807, 2.05) is 6.92 Å². The van der Waals surface area contributed by atoms with Crippen LogP contribution in [0.5, 0.6) is 0 Å². The molecule has 2 radical (unpaired) electrons. The van der Waals surface area contributed by atoms with Gasteiger partial charge in [0.15, 0.2) is 0 Å². The summed E-state index contributed by atoms with van der Waals surface area (Å²) < 4.78 is 0. The predicted molar refractivity (Wildman–Crippen MR) is 56.5 cm³/mol. The Morgan fingerprint density at radius 1 is 1.58 bits per heavy atom. The summed E-state index contributed by atoms with van der Waals surface area (Å²) in [6, 6.07) is 0. The van der Waals surface area contributed by atoms with Crippen LogP contribution in [0.2, 0.25) is 0 Å². The summed E-state index contributed by atoms with van der Waals surface area (Å²) in [6.07, 6.45) is 1.25. The highest BCUT2D eigenvalue weighted by molar-refractivity contribution is 6.29. The average Bonchev–Trinajstić information content (AvgIpc) is 1.96. The first-order valence-electron chi connectivity index (χ1n) is 3.97. The Labute approximate surface area is 81.3 Å². The van der Waals surface area contributed by atoms with Gasteiger partial charge in [-0.2, -0.15) is 0 Å². The van der Waals surface area contributed by atoms with Crippen LogP contribution >= 0.6 is 11.6 Å². The lowest BCUT2D eigenvalue weighted by Crippen LogP contribution is -2.24. The Hall–Kier alpha value is -0.205. The van der Waals surface area contributed by atoms with Gasteiger partial charge in [0.05, 0.1) is 7.85 Å².